The van der Waals surface area contributed by atoms with Gasteiger partial charge in [0.1, 0.15) is 0 Å². The van der Waals surface area contributed by atoms with E-state index >= 15 is 0 Å². The molecule has 1 amide bonds. The molecule has 3 rings (SSSR count). The van der Waals surface area contributed by atoms with Crippen molar-refractivity contribution in [3.63, 3.8) is 0 Å². The molecule has 0 fully saturated rings. The fourth-order valence-corrected chi connectivity index (χ4v) is 6.31. The molecule has 0 saturated heterocycles. The van der Waals surface area contributed by atoms with Crippen LogP contribution in [0, 0.1) is 0 Å². The van der Waals surface area contributed by atoms with Gasteiger partial charge in [0.15, 0.2) is 0 Å². The summed E-state index contributed by atoms with van der Waals surface area (Å²) in [5, 5.41) is 7.10. The van der Waals surface area contributed by atoms with Gasteiger partial charge in [0.2, 0.25) is 10.0 Å². The molecule has 0 bridgehead atoms. The molecule has 0 unspecified atom stereocenters. The molecule has 31 heavy (non-hydrogen) atoms. The van der Waals surface area contributed by atoms with E-state index in [1.54, 1.807) is 47.4 Å². The third kappa shape index (κ3) is 5.98. The Morgan fingerprint density at radius 2 is 1.71 bits per heavy atom. The normalized spacial score (nSPS) is 11.6. The van der Waals surface area contributed by atoms with Gasteiger partial charge in [-0.05, 0) is 52.2 Å². The SMILES string of the molecule is CCN(CC)S(=O)(=O)c1ccc(CNC(=O)c2ccccc2SCc2ccsc2)cc1. The number of carbonyl (C=O) groups is 1. The molecule has 1 heterocycles. The van der Waals surface area contributed by atoms with Crippen LogP contribution in [0.1, 0.15) is 35.3 Å². The van der Waals surface area contributed by atoms with Crippen LogP contribution in [-0.4, -0.2) is 31.7 Å². The maximum Gasteiger partial charge on any atom is 0.252 e. The van der Waals surface area contributed by atoms with E-state index in [-0.39, 0.29) is 10.8 Å². The van der Waals surface area contributed by atoms with E-state index in [2.05, 4.69) is 16.8 Å². The Bertz CT molecular complexity index is 1090. The van der Waals surface area contributed by atoms with Crippen molar-refractivity contribution in [1.82, 2.24) is 9.62 Å². The largest absolute Gasteiger partial charge is 0.348 e. The number of thioether (sulfide) groups is 1. The highest BCUT2D eigenvalue weighted by molar-refractivity contribution is 7.98. The van der Waals surface area contributed by atoms with E-state index in [1.807, 2.05) is 43.5 Å². The first-order valence-corrected chi connectivity index (χ1v) is 13.4. The summed E-state index contributed by atoms with van der Waals surface area (Å²) >= 11 is 3.31. The maximum absolute atomic E-state index is 12.8. The first-order chi connectivity index (χ1) is 15.0. The summed E-state index contributed by atoms with van der Waals surface area (Å²) in [4.78, 5) is 14.0. The van der Waals surface area contributed by atoms with Crippen molar-refractivity contribution in [2.24, 2.45) is 0 Å². The van der Waals surface area contributed by atoms with E-state index in [0.717, 1.165) is 16.2 Å². The zero-order chi connectivity index (χ0) is 22.3. The van der Waals surface area contributed by atoms with Gasteiger partial charge in [0.25, 0.3) is 5.91 Å². The lowest BCUT2D eigenvalue weighted by Gasteiger charge is -2.18. The number of carbonyl (C=O) groups excluding carboxylic acids is 1. The molecule has 1 N–H and O–H groups in total. The van der Waals surface area contributed by atoms with Crippen molar-refractivity contribution in [3.8, 4) is 0 Å². The van der Waals surface area contributed by atoms with Crippen molar-refractivity contribution >= 4 is 39.0 Å². The predicted octanol–water partition coefficient (Wildman–Crippen LogP) is 5.00. The number of hydrogen-bond acceptors (Lipinski definition) is 5. The van der Waals surface area contributed by atoms with Crippen LogP contribution in [0.5, 0.6) is 0 Å². The number of nitrogens with one attached hydrogen (secondary N) is 1. The number of benzene rings is 2. The Hall–Kier alpha value is -2.13. The molecule has 2 aromatic carbocycles. The fraction of sp³-hybridized carbons (Fsp3) is 0.261. The molecule has 0 atom stereocenters. The summed E-state index contributed by atoms with van der Waals surface area (Å²) in [6.07, 6.45) is 0. The number of thiophene rings is 1. The van der Waals surface area contributed by atoms with Crippen LogP contribution in [0.25, 0.3) is 0 Å². The lowest BCUT2D eigenvalue weighted by Crippen LogP contribution is -2.30. The van der Waals surface area contributed by atoms with E-state index in [4.69, 9.17) is 0 Å². The van der Waals surface area contributed by atoms with Crippen LogP contribution >= 0.6 is 23.1 Å². The smallest absolute Gasteiger partial charge is 0.252 e. The van der Waals surface area contributed by atoms with Gasteiger partial charge in [-0.2, -0.15) is 15.6 Å². The van der Waals surface area contributed by atoms with Crippen molar-refractivity contribution in [3.05, 3.63) is 82.0 Å². The van der Waals surface area contributed by atoms with Crippen molar-refractivity contribution < 1.29 is 13.2 Å². The van der Waals surface area contributed by atoms with E-state index in [1.165, 1.54) is 9.87 Å². The highest BCUT2D eigenvalue weighted by atomic mass is 32.2. The second-order valence-corrected chi connectivity index (χ2v) is 10.6. The van der Waals surface area contributed by atoms with E-state index in [0.29, 0.717) is 25.2 Å². The van der Waals surface area contributed by atoms with Crippen LogP contribution in [0.2, 0.25) is 0 Å². The molecule has 1 aromatic heterocycles. The number of sulfonamides is 1. The van der Waals surface area contributed by atoms with Gasteiger partial charge >= 0.3 is 0 Å². The third-order valence-corrected chi connectivity index (χ3v) is 8.77. The summed E-state index contributed by atoms with van der Waals surface area (Å²) in [6.45, 7) is 4.83. The summed E-state index contributed by atoms with van der Waals surface area (Å²) in [7, 11) is -3.48. The van der Waals surface area contributed by atoms with E-state index in [9.17, 15) is 13.2 Å². The molecule has 164 valence electrons. The summed E-state index contributed by atoms with van der Waals surface area (Å²) in [6, 6.07) is 16.3. The first-order valence-electron chi connectivity index (χ1n) is 10.1. The summed E-state index contributed by atoms with van der Waals surface area (Å²) in [5.41, 5.74) is 2.73. The fourth-order valence-electron chi connectivity index (χ4n) is 3.09. The van der Waals surface area contributed by atoms with Crippen LogP contribution in [0.4, 0.5) is 0 Å². The quantitative estimate of drug-likeness (QED) is 0.420. The molecule has 5 nitrogen and oxygen atoms in total. The third-order valence-electron chi connectivity index (χ3n) is 4.83. The predicted molar refractivity (Wildman–Crippen MR) is 128 cm³/mol. The topological polar surface area (TPSA) is 66.5 Å². The molecule has 3 aromatic rings. The monoisotopic (exact) mass is 474 g/mol. The van der Waals surface area contributed by atoms with Crippen molar-refractivity contribution in [2.75, 3.05) is 13.1 Å². The van der Waals surface area contributed by atoms with Gasteiger partial charge < -0.3 is 5.32 Å². The second kappa shape index (κ2) is 10.9. The Balaban J connectivity index is 1.63. The minimum Gasteiger partial charge on any atom is -0.348 e. The van der Waals surface area contributed by atoms with Crippen molar-refractivity contribution in [2.45, 2.75) is 35.9 Å². The maximum atomic E-state index is 12.8. The molecule has 0 aliphatic heterocycles. The van der Waals surface area contributed by atoms with Crippen LogP contribution in [0.15, 0.2) is 75.1 Å². The average molecular weight is 475 g/mol. The zero-order valence-corrected chi connectivity index (χ0v) is 20.0. The van der Waals surface area contributed by atoms with Crippen molar-refractivity contribution in [1.29, 1.82) is 0 Å². The van der Waals surface area contributed by atoms with Gasteiger partial charge in [-0.25, -0.2) is 8.42 Å². The molecule has 0 saturated carbocycles. The summed E-state index contributed by atoms with van der Waals surface area (Å²) < 4.78 is 26.6. The standard InChI is InChI=1S/C23H26N2O3S3/c1-3-25(4-2)31(27,28)20-11-9-18(10-12-20)15-24-23(26)21-7-5-6-8-22(21)30-17-19-13-14-29-16-19/h5-14,16H,3-4,15,17H2,1-2H3,(H,24,26). The lowest BCUT2D eigenvalue weighted by atomic mass is 10.2. The molecular weight excluding hydrogens is 448 g/mol. The Labute approximate surface area is 192 Å². The van der Waals surface area contributed by atoms with Gasteiger partial charge in [0.05, 0.1) is 10.5 Å². The minimum absolute atomic E-state index is 0.145. The summed E-state index contributed by atoms with van der Waals surface area (Å²) in [5.74, 6) is 0.671. The number of nitrogens with zero attached hydrogens (tertiary/aromatic N) is 1. The first kappa shape index (κ1) is 23.5. The van der Waals surface area contributed by atoms with Crippen LogP contribution in [0.3, 0.4) is 0 Å². The minimum atomic E-state index is -3.48. The van der Waals surface area contributed by atoms with E-state index < -0.39 is 10.0 Å². The van der Waals surface area contributed by atoms with Gasteiger partial charge in [0, 0.05) is 30.3 Å². The second-order valence-electron chi connectivity index (χ2n) is 6.83. The molecular formula is C23H26N2O3S3. The molecule has 0 radical (unpaired) electrons. The average Bonchev–Trinajstić information content (AvgIpc) is 3.31. The Morgan fingerprint density at radius 3 is 2.35 bits per heavy atom. The highest BCUT2D eigenvalue weighted by Crippen LogP contribution is 2.27. The van der Waals surface area contributed by atoms with Gasteiger partial charge in [-0.15, -0.1) is 11.8 Å². The van der Waals surface area contributed by atoms with Gasteiger partial charge in [-0.3, -0.25) is 4.79 Å². The highest BCUT2D eigenvalue weighted by Gasteiger charge is 2.21. The van der Waals surface area contributed by atoms with Crippen LogP contribution in [-0.2, 0) is 22.3 Å². The number of rotatable bonds is 10. The molecule has 8 heteroatoms. The zero-order valence-electron chi connectivity index (χ0n) is 17.6. The van der Waals surface area contributed by atoms with Gasteiger partial charge in [-0.1, -0.05) is 38.1 Å². The lowest BCUT2D eigenvalue weighted by molar-refractivity contribution is 0.0948. The van der Waals surface area contributed by atoms with Crippen LogP contribution < -0.4 is 5.32 Å². The molecule has 0 aliphatic rings. The number of amides is 1. The Morgan fingerprint density at radius 1 is 1.00 bits per heavy atom. The Kier molecular flexibility index (Phi) is 8.31. The molecule has 0 spiro atoms. The molecule has 0 aliphatic carbocycles. The number of hydrogen-bond donors (Lipinski definition) is 1.